The normalized spacial score (nSPS) is 12.2. The summed E-state index contributed by atoms with van der Waals surface area (Å²) in [5.74, 6) is -1.05. The maximum Gasteiger partial charge on any atom is 0.254 e. The molecule has 1 aromatic rings. The number of carbonyl (C=O) groups excluding carboxylic acids is 1. The zero-order chi connectivity index (χ0) is 14.3. The highest BCUT2D eigenvalue weighted by Gasteiger charge is 2.15. The minimum absolute atomic E-state index is 0.00732. The van der Waals surface area contributed by atoms with Crippen LogP contribution >= 0.6 is 11.6 Å². The molecule has 0 aliphatic rings. The van der Waals surface area contributed by atoms with E-state index < -0.39 is 11.7 Å². The van der Waals surface area contributed by atoms with Crippen LogP contribution in [0.25, 0.3) is 0 Å². The van der Waals surface area contributed by atoms with E-state index in [1.54, 1.807) is 6.07 Å². The van der Waals surface area contributed by atoms with Gasteiger partial charge in [0.25, 0.3) is 5.91 Å². The van der Waals surface area contributed by atoms with E-state index in [1.165, 1.54) is 31.4 Å². The molecule has 0 saturated carbocycles. The minimum Gasteiger partial charge on any atom is -0.349 e. The molecular weight excluding hydrogens is 265 g/mol. The second kappa shape index (κ2) is 8.16. The summed E-state index contributed by atoms with van der Waals surface area (Å²) in [6.07, 6.45) is 5.56. The Morgan fingerprint density at radius 2 is 2.11 bits per heavy atom. The van der Waals surface area contributed by atoms with Gasteiger partial charge in [-0.25, -0.2) is 4.39 Å². The summed E-state index contributed by atoms with van der Waals surface area (Å²) in [4.78, 5) is 11.9. The molecule has 106 valence electrons. The molecule has 1 aromatic carbocycles. The van der Waals surface area contributed by atoms with Crippen LogP contribution in [0.4, 0.5) is 4.39 Å². The number of nitrogens with one attached hydrogen (secondary N) is 1. The summed E-state index contributed by atoms with van der Waals surface area (Å²) in [5, 5.41) is 2.78. The first-order chi connectivity index (χ1) is 9.06. The van der Waals surface area contributed by atoms with Crippen LogP contribution in [0.1, 0.15) is 56.3 Å². The number of unbranched alkanes of at least 4 members (excludes halogenated alkanes) is 3. The molecule has 0 fully saturated rings. The van der Waals surface area contributed by atoms with Crippen molar-refractivity contribution in [1.29, 1.82) is 0 Å². The number of rotatable bonds is 7. The highest BCUT2D eigenvalue weighted by molar-refractivity contribution is 6.31. The van der Waals surface area contributed by atoms with Crippen LogP contribution in [0.3, 0.4) is 0 Å². The lowest BCUT2D eigenvalue weighted by Gasteiger charge is -2.14. The minimum atomic E-state index is -0.653. The van der Waals surface area contributed by atoms with Gasteiger partial charge in [0.1, 0.15) is 0 Å². The van der Waals surface area contributed by atoms with Crippen molar-refractivity contribution in [1.82, 2.24) is 5.32 Å². The van der Waals surface area contributed by atoms with Crippen molar-refractivity contribution in [2.75, 3.05) is 0 Å². The van der Waals surface area contributed by atoms with Gasteiger partial charge in [0.15, 0.2) is 5.82 Å². The molecule has 19 heavy (non-hydrogen) atoms. The Balaban J connectivity index is 2.48. The third kappa shape index (κ3) is 5.19. The fourth-order valence-corrected chi connectivity index (χ4v) is 2.10. The number of hydrogen-bond donors (Lipinski definition) is 1. The van der Waals surface area contributed by atoms with Gasteiger partial charge in [0.05, 0.1) is 10.6 Å². The van der Waals surface area contributed by atoms with Crippen LogP contribution in [0.2, 0.25) is 5.02 Å². The first-order valence-corrected chi connectivity index (χ1v) is 7.19. The molecule has 0 aliphatic carbocycles. The fraction of sp³-hybridized carbons (Fsp3) is 0.533. The van der Waals surface area contributed by atoms with Gasteiger partial charge in [-0.15, -0.1) is 0 Å². The number of hydrogen-bond acceptors (Lipinski definition) is 1. The van der Waals surface area contributed by atoms with Crippen molar-refractivity contribution in [2.24, 2.45) is 0 Å². The van der Waals surface area contributed by atoms with Crippen molar-refractivity contribution in [3.05, 3.63) is 34.6 Å². The smallest absolute Gasteiger partial charge is 0.254 e. The standard InChI is InChI=1S/C15H21ClFNO/c1-3-4-5-6-8-11(2)18-15(19)12-9-7-10-13(16)14(12)17/h7,9-11H,3-6,8H2,1-2H3,(H,18,19). The fourth-order valence-electron chi connectivity index (χ4n) is 1.93. The van der Waals surface area contributed by atoms with Gasteiger partial charge < -0.3 is 5.32 Å². The van der Waals surface area contributed by atoms with E-state index in [-0.39, 0.29) is 16.6 Å². The van der Waals surface area contributed by atoms with E-state index in [0.717, 1.165) is 12.8 Å². The first-order valence-electron chi connectivity index (χ1n) is 6.81. The van der Waals surface area contributed by atoms with Crippen molar-refractivity contribution < 1.29 is 9.18 Å². The molecular formula is C15H21ClFNO. The van der Waals surface area contributed by atoms with Crippen LogP contribution in [0.5, 0.6) is 0 Å². The van der Waals surface area contributed by atoms with Crippen molar-refractivity contribution in [3.63, 3.8) is 0 Å². The van der Waals surface area contributed by atoms with Gasteiger partial charge >= 0.3 is 0 Å². The monoisotopic (exact) mass is 285 g/mol. The Labute approximate surface area is 119 Å². The molecule has 0 saturated heterocycles. The Morgan fingerprint density at radius 1 is 1.37 bits per heavy atom. The van der Waals surface area contributed by atoms with Gasteiger partial charge in [-0.3, -0.25) is 4.79 Å². The third-order valence-electron chi connectivity index (χ3n) is 3.06. The van der Waals surface area contributed by atoms with E-state index in [9.17, 15) is 9.18 Å². The van der Waals surface area contributed by atoms with Gasteiger partial charge in [-0.2, -0.15) is 0 Å². The zero-order valence-corrected chi connectivity index (χ0v) is 12.3. The lowest BCUT2D eigenvalue weighted by atomic mass is 10.1. The molecule has 1 unspecified atom stereocenters. The van der Waals surface area contributed by atoms with Crippen LogP contribution in [0.15, 0.2) is 18.2 Å². The summed E-state index contributed by atoms with van der Waals surface area (Å²) in [5.41, 5.74) is 0.00732. The average molecular weight is 286 g/mol. The zero-order valence-electron chi connectivity index (χ0n) is 11.5. The summed E-state index contributed by atoms with van der Waals surface area (Å²) < 4.78 is 13.7. The van der Waals surface area contributed by atoms with Crippen molar-refractivity contribution in [3.8, 4) is 0 Å². The molecule has 2 nitrogen and oxygen atoms in total. The number of halogens is 2. The topological polar surface area (TPSA) is 29.1 Å². The largest absolute Gasteiger partial charge is 0.349 e. The molecule has 1 N–H and O–H groups in total. The molecule has 0 spiro atoms. The van der Waals surface area contributed by atoms with Gasteiger partial charge in [0.2, 0.25) is 0 Å². The van der Waals surface area contributed by atoms with Crippen molar-refractivity contribution >= 4 is 17.5 Å². The number of amides is 1. The quantitative estimate of drug-likeness (QED) is 0.731. The van der Waals surface area contributed by atoms with Gasteiger partial charge in [0, 0.05) is 6.04 Å². The lowest BCUT2D eigenvalue weighted by molar-refractivity contribution is 0.0934. The predicted octanol–water partition coefficient (Wildman–Crippen LogP) is 4.57. The van der Waals surface area contributed by atoms with E-state index in [4.69, 9.17) is 11.6 Å². The Kier molecular flexibility index (Phi) is 6.85. The Hall–Kier alpha value is -1.09. The molecule has 0 bridgehead atoms. The predicted molar refractivity (Wildman–Crippen MR) is 77.1 cm³/mol. The molecule has 0 heterocycles. The van der Waals surface area contributed by atoms with Gasteiger partial charge in [-0.05, 0) is 25.5 Å². The molecule has 0 aliphatic heterocycles. The molecule has 1 amide bonds. The number of carbonyl (C=O) groups is 1. The summed E-state index contributed by atoms with van der Waals surface area (Å²) in [7, 11) is 0. The van der Waals surface area contributed by atoms with Crippen LogP contribution in [-0.4, -0.2) is 11.9 Å². The highest BCUT2D eigenvalue weighted by Crippen LogP contribution is 2.18. The second-order valence-electron chi connectivity index (χ2n) is 4.83. The average Bonchev–Trinajstić information content (AvgIpc) is 2.38. The lowest BCUT2D eigenvalue weighted by Crippen LogP contribution is -2.33. The molecule has 0 radical (unpaired) electrons. The third-order valence-corrected chi connectivity index (χ3v) is 3.36. The van der Waals surface area contributed by atoms with E-state index >= 15 is 0 Å². The Bertz CT molecular complexity index is 423. The second-order valence-corrected chi connectivity index (χ2v) is 5.23. The highest BCUT2D eigenvalue weighted by atomic mass is 35.5. The maximum absolute atomic E-state index is 13.7. The van der Waals surface area contributed by atoms with E-state index in [2.05, 4.69) is 12.2 Å². The Morgan fingerprint density at radius 3 is 2.79 bits per heavy atom. The summed E-state index contributed by atoms with van der Waals surface area (Å²) in [6, 6.07) is 4.50. The van der Waals surface area contributed by atoms with Crippen LogP contribution in [-0.2, 0) is 0 Å². The molecule has 4 heteroatoms. The van der Waals surface area contributed by atoms with E-state index in [1.807, 2.05) is 6.92 Å². The van der Waals surface area contributed by atoms with Crippen LogP contribution < -0.4 is 5.32 Å². The van der Waals surface area contributed by atoms with Gasteiger partial charge in [-0.1, -0.05) is 50.3 Å². The van der Waals surface area contributed by atoms with Crippen molar-refractivity contribution in [2.45, 2.75) is 52.0 Å². The maximum atomic E-state index is 13.7. The summed E-state index contributed by atoms with van der Waals surface area (Å²) in [6.45, 7) is 4.10. The first kappa shape index (κ1) is 16.0. The molecule has 0 aromatic heterocycles. The summed E-state index contributed by atoms with van der Waals surface area (Å²) >= 11 is 5.66. The molecule has 1 rings (SSSR count). The SMILES string of the molecule is CCCCCCC(C)NC(=O)c1cccc(Cl)c1F. The van der Waals surface area contributed by atoms with Crippen LogP contribution in [0, 0.1) is 5.82 Å². The number of benzene rings is 1. The molecule has 1 atom stereocenters. The van der Waals surface area contributed by atoms with E-state index in [0.29, 0.717) is 0 Å².